The molecule has 2 saturated carbocycles. The predicted octanol–water partition coefficient (Wildman–Crippen LogP) is 2.01. The summed E-state index contributed by atoms with van der Waals surface area (Å²) >= 11 is 0. The van der Waals surface area contributed by atoms with Crippen LogP contribution < -0.4 is 5.32 Å². The molecule has 1 N–H and O–H groups in total. The summed E-state index contributed by atoms with van der Waals surface area (Å²) < 4.78 is 5.39. The second-order valence-corrected chi connectivity index (χ2v) is 6.11. The Bertz CT molecular complexity index is 399. The second kappa shape index (κ2) is 5.02. The first-order valence-electron chi connectivity index (χ1n) is 7.07. The molecular formula is C14H23N3O. The van der Waals surface area contributed by atoms with Gasteiger partial charge in [-0.3, -0.25) is 4.90 Å². The van der Waals surface area contributed by atoms with Gasteiger partial charge in [-0.1, -0.05) is 12.1 Å². The molecule has 2 aliphatic carbocycles. The fourth-order valence-electron chi connectivity index (χ4n) is 2.43. The van der Waals surface area contributed by atoms with Crippen molar-refractivity contribution in [3.8, 4) is 0 Å². The standard InChI is InChI=1S/C14H23N3O/c1-10-5-11(10)8-17(2)9-14-6-13(16-18-14)7-15-12-3-4-12/h6,10-12,15H,3-5,7-9H2,1-2H3. The van der Waals surface area contributed by atoms with E-state index >= 15 is 0 Å². The maximum absolute atomic E-state index is 5.39. The van der Waals surface area contributed by atoms with E-state index in [0.29, 0.717) is 0 Å². The minimum Gasteiger partial charge on any atom is -0.360 e. The van der Waals surface area contributed by atoms with Crippen molar-refractivity contribution in [2.45, 2.75) is 45.3 Å². The summed E-state index contributed by atoms with van der Waals surface area (Å²) in [5.41, 5.74) is 1.03. The maximum Gasteiger partial charge on any atom is 0.151 e. The first kappa shape index (κ1) is 12.2. The zero-order chi connectivity index (χ0) is 12.5. The van der Waals surface area contributed by atoms with Gasteiger partial charge in [0.05, 0.1) is 12.2 Å². The van der Waals surface area contributed by atoms with Gasteiger partial charge in [0.1, 0.15) is 0 Å². The molecule has 0 saturated heterocycles. The first-order valence-corrected chi connectivity index (χ1v) is 7.07. The maximum atomic E-state index is 5.39. The van der Waals surface area contributed by atoms with Crippen LogP contribution in [0.5, 0.6) is 0 Å². The molecule has 0 amide bonds. The quantitative estimate of drug-likeness (QED) is 0.802. The van der Waals surface area contributed by atoms with Crippen molar-refractivity contribution in [2.24, 2.45) is 11.8 Å². The summed E-state index contributed by atoms with van der Waals surface area (Å²) in [7, 11) is 2.16. The van der Waals surface area contributed by atoms with Crippen LogP contribution in [0.1, 0.15) is 37.6 Å². The average molecular weight is 249 g/mol. The highest BCUT2D eigenvalue weighted by atomic mass is 16.5. The Morgan fingerprint density at radius 3 is 2.94 bits per heavy atom. The third kappa shape index (κ3) is 3.33. The number of nitrogens with zero attached hydrogens (tertiary/aromatic N) is 2. The second-order valence-electron chi connectivity index (χ2n) is 6.11. The van der Waals surface area contributed by atoms with E-state index in [2.05, 4.69) is 35.4 Å². The van der Waals surface area contributed by atoms with E-state index in [1.807, 2.05) is 0 Å². The highest BCUT2D eigenvalue weighted by molar-refractivity contribution is 5.05. The van der Waals surface area contributed by atoms with Crippen LogP contribution in [0.4, 0.5) is 0 Å². The van der Waals surface area contributed by atoms with Crippen molar-refractivity contribution in [3.63, 3.8) is 0 Å². The van der Waals surface area contributed by atoms with E-state index in [4.69, 9.17) is 4.52 Å². The summed E-state index contributed by atoms with van der Waals surface area (Å²) in [6.45, 7) is 5.23. The minimum absolute atomic E-state index is 0.726. The van der Waals surface area contributed by atoms with E-state index in [1.54, 1.807) is 0 Å². The smallest absolute Gasteiger partial charge is 0.151 e. The number of nitrogens with one attached hydrogen (secondary N) is 1. The molecule has 2 aliphatic rings. The number of hydrogen-bond acceptors (Lipinski definition) is 4. The topological polar surface area (TPSA) is 41.3 Å². The normalized spacial score (nSPS) is 26.8. The van der Waals surface area contributed by atoms with Crippen molar-refractivity contribution < 1.29 is 4.52 Å². The van der Waals surface area contributed by atoms with Crippen molar-refractivity contribution in [1.29, 1.82) is 0 Å². The highest BCUT2D eigenvalue weighted by Gasteiger charge is 2.33. The van der Waals surface area contributed by atoms with Crippen molar-refractivity contribution in [1.82, 2.24) is 15.4 Å². The lowest BCUT2D eigenvalue weighted by Crippen LogP contribution is -2.20. The Kier molecular flexibility index (Phi) is 3.39. The van der Waals surface area contributed by atoms with Crippen molar-refractivity contribution >= 4 is 0 Å². The zero-order valence-corrected chi connectivity index (χ0v) is 11.4. The molecule has 2 atom stereocenters. The molecule has 1 aromatic heterocycles. The predicted molar refractivity (Wildman–Crippen MR) is 70.0 cm³/mol. The molecule has 3 rings (SSSR count). The monoisotopic (exact) mass is 249 g/mol. The highest BCUT2D eigenvalue weighted by Crippen LogP contribution is 2.38. The molecule has 2 unspecified atom stereocenters. The molecular weight excluding hydrogens is 226 g/mol. The average Bonchev–Trinajstić information content (AvgIpc) is 3.22. The summed E-state index contributed by atoms with van der Waals surface area (Å²) in [6, 6.07) is 2.81. The van der Waals surface area contributed by atoms with Crippen LogP contribution in [0, 0.1) is 11.8 Å². The van der Waals surface area contributed by atoms with Gasteiger partial charge in [0, 0.05) is 25.2 Å². The fourth-order valence-corrected chi connectivity index (χ4v) is 2.43. The lowest BCUT2D eigenvalue weighted by Gasteiger charge is -2.13. The Morgan fingerprint density at radius 2 is 2.28 bits per heavy atom. The number of hydrogen-bond donors (Lipinski definition) is 1. The summed E-state index contributed by atoms with van der Waals surface area (Å²) in [5.74, 6) is 2.80. The van der Waals surface area contributed by atoms with Crippen LogP contribution in [0.15, 0.2) is 10.6 Å². The molecule has 1 heterocycles. The molecule has 0 spiro atoms. The molecule has 0 aromatic carbocycles. The molecule has 4 nitrogen and oxygen atoms in total. The van der Waals surface area contributed by atoms with Gasteiger partial charge in [-0.2, -0.15) is 0 Å². The summed E-state index contributed by atoms with van der Waals surface area (Å²) in [5, 5.41) is 7.57. The Morgan fingerprint density at radius 1 is 1.50 bits per heavy atom. The minimum atomic E-state index is 0.726. The summed E-state index contributed by atoms with van der Waals surface area (Å²) in [4.78, 5) is 2.34. The van der Waals surface area contributed by atoms with Crippen LogP contribution >= 0.6 is 0 Å². The van der Waals surface area contributed by atoms with E-state index < -0.39 is 0 Å². The third-order valence-electron chi connectivity index (χ3n) is 4.01. The van der Waals surface area contributed by atoms with Gasteiger partial charge >= 0.3 is 0 Å². The van der Waals surface area contributed by atoms with Crippen LogP contribution in [0.3, 0.4) is 0 Å². The van der Waals surface area contributed by atoms with E-state index in [9.17, 15) is 0 Å². The largest absolute Gasteiger partial charge is 0.360 e. The van der Waals surface area contributed by atoms with E-state index in [-0.39, 0.29) is 0 Å². The van der Waals surface area contributed by atoms with E-state index in [1.165, 1.54) is 25.8 Å². The molecule has 18 heavy (non-hydrogen) atoms. The van der Waals surface area contributed by atoms with Gasteiger partial charge in [0.2, 0.25) is 0 Å². The lowest BCUT2D eigenvalue weighted by atomic mass is 10.3. The zero-order valence-electron chi connectivity index (χ0n) is 11.4. The molecule has 0 bridgehead atoms. The van der Waals surface area contributed by atoms with Gasteiger partial charge in [-0.25, -0.2) is 0 Å². The lowest BCUT2D eigenvalue weighted by molar-refractivity contribution is 0.260. The van der Waals surface area contributed by atoms with Gasteiger partial charge in [-0.15, -0.1) is 0 Å². The van der Waals surface area contributed by atoms with Gasteiger partial charge < -0.3 is 9.84 Å². The SMILES string of the molecule is CC1CC1CN(C)Cc1cc(CNC2CC2)no1. The van der Waals surface area contributed by atoms with Gasteiger partial charge in [-0.05, 0) is 38.1 Å². The summed E-state index contributed by atoms with van der Waals surface area (Å²) in [6.07, 6.45) is 4.01. The first-order chi connectivity index (χ1) is 8.70. The molecule has 0 radical (unpaired) electrons. The van der Waals surface area contributed by atoms with Crippen LogP contribution in [-0.4, -0.2) is 29.7 Å². The Balaban J connectivity index is 1.43. The molecule has 100 valence electrons. The van der Waals surface area contributed by atoms with Gasteiger partial charge in [0.15, 0.2) is 5.76 Å². The molecule has 4 heteroatoms. The molecule has 2 fully saturated rings. The molecule has 1 aromatic rings. The number of rotatable bonds is 7. The van der Waals surface area contributed by atoms with Crippen LogP contribution in [0.25, 0.3) is 0 Å². The Hall–Kier alpha value is -0.870. The van der Waals surface area contributed by atoms with Gasteiger partial charge in [0.25, 0.3) is 0 Å². The van der Waals surface area contributed by atoms with E-state index in [0.717, 1.165) is 42.4 Å². The van der Waals surface area contributed by atoms with Crippen LogP contribution in [-0.2, 0) is 13.1 Å². The molecule has 0 aliphatic heterocycles. The fraction of sp³-hybridized carbons (Fsp3) is 0.786. The Labute approximate surface area is 109 Å². The van der Waals surface area contributed by atoms with Crippen molar-refractivity contribution in [2.75, 3.05) is 13.6 Å². The third-order valence-corrected chi connectivity index (χ3v) is 4.01. The van der Waals surface area contributed by atoms with Crippen molar-refractivity contribution in [3.05, 3.63) is 17.5 Å². The number of aromatic nitrogens is 1. The van der Waals surface area contributed by atoms with Crippen LogP contribution in [0.2, 0.25) is 0 Å².